The van der Waals surface area contributed by atoms with Crippen LogP contribution in [0.2, 0.25) is 0 Å². The first kappa shape index (κ1) is 8.27. The maximum Gasteiger partial charge on any atom is 0.320 e. The predicted octanol–water partition coefficient (Wildman–Crippen LogP) is 0.625. The number of allylic oxidation sites excluding steroid dienone is 1. The van der Waals surface area contributed by atoms with Crippen LogP contribution in [0, 0.1) is 5.92 Å². The van der Waals surface area contributed by atoms with Crippen molar-refractivity contribution in [2.45, 2.75) is 18.9 Å². The van der Waals surface area contributed by atoms with E-state index in [1.807, 2.05) is 0 Å². The summed E-state index contributed by atoms with van der Waals surface area (Å²) in [6, 6.07) is -0.354. The van der Waals surface area contributed by atoms with Gasteiger partial charge >= 0.3 is 5.97 Å². The summed E-state index contributed by atoms with van der Waals surface area (Å²) in [7, 11) is 0. The summed E-state index contributed by atoms with van der Waals surface area (Å²) in [6.07, 6.45) is 3.53. The molecule has 3 heteroatoms. The molecule has 0 bridgehead atoms. The minimum Gasteiger partial charge on any atom is -0.480 e. The largest absolute Gasteiger partial charge is 0.480 e. The maximum atomic E-state index is 10.6. The van der Waals surface area contributed by atoms with Gasteiger partial charge in [-0.2, -0.15) is 0 Å². The number of rotatable bonds is 3. The minimum atomic E-state index is -0.741. The van der Waals surface area contributed by atoms with Crippen molar-refractivity contribution in [3.05, 3.63) is 12.7 Å². The Morgan fingerprint density at radius 2 is 2.55 bits per heavy atom. The van der Waals surface area contributed by atoms with Crippen molar-refractivity contribution in [3.8, 4) is 0 Å². The van der Waals surface area contributed by atoms with Crippen LogP contribution >= 0.6 is 0 Å². The van der Waals surface area contributed by atoms with Gasteiger partial charge in [-0.15, -0.1) is 6.58 Å². The molecular formula is C8H13NO2. The fourth-order valence-corrected chi connectivity index (χ4v) is 1.51. The van der Waals surface area contributed by atoms with E-state index in [4.69, 9.17) is 5.11 Å². The molecule has 0 radical (unpaired) electrons. The Morgan fingerprint density at radius 1 is 1.82 bits per heavy atom. The van der Waals surface area contributed by atoms with E-state index in [1.54, 1.807) is 6.08 Å². The fraction of sp³-hybridized carbons (Fsp3) is 0.625. The molecule has 0 aromatic rings. The SMILES string of the molecule is C=CC[C@H]1CCN[C@@H]1C(=O)O. The van der Waals surface area contributed by atoms with Crippen LogP contribution in [-0.4, -0.2) is 23.7 Å². The molecule has 2 N–H and O–H groups in total. The van der Waals surface area contributed by atoms with E-state index in [-0.39, 0.29) is 12.0 Å². The molecule has 1 fully saturated rings. The maximum absolute atomic E-state index is 10.6. The fourth-order valence-electron chi connectivity index (χ4n) is 1.51. The molecule has 1 aliphatic rings. The van der Waals surface area contributed by atoms with Crippen molar-refractivity contribution in [1.82, 2.24) is 5.32 Å². The molecular weight excluding hydrogens is 142 g/mol. The van der Waals surface area contributed by atoms with Gasteiger partial charge in [-0.3, -0.25) is 4.79 Å². The van der Waals surface area contributed by atoms with Crippen LogP contribution in [-0.2, 0) is 4.79 Å². The monoisotopic (exact) mass is 155 g/mol. The number of hydrogen-bond donors (Lipinski definition) is 2. The van der Waals surface area contributed by atoms with Gasteiger partial charge in [0, 0.05) is 0 Å². The number of hydrogen-bond acceptors (Lipinski definition) is 2. The molecule has 3 nitrogen and oxygen atoms in total. The first-order valence-electron chi connectivity index (χ1n) is 3.82. The van der Waals surface area contributed by atoms with Crippen molar-refractivity contribution >= 4 is 5.97 Å². The zero-order valence-electron chi connectivity index (χ0n) is 6.42. The summed E-state index contributed by atoms with van der Waals surface area (Å²) in [5.41, 5.74) is 0. The van der Waals surface area contributed by atoms with Crippen molar-refractivity contribution in [3.63, 3.8) is 0 Å². The highest BCUT2D eigenvalue weighted by atomic mass is 16.4. The second-order valence-electron chi connectivity index (χ2n) is 2.84. The average Bonchev–Trinajstić information content (AvgIpc) is 2.36. The highest BCUT2D eigenvalue weighted by molar-refractivity contribution is 5.74. The molecule has 62 valence electrons. The zero-order chi connectivity index (χ0) is 8.27. The van der Waals surface area contributed by atoms with Gasteiger partial charge in [0.2, 0.25) is 0 Å². The predicted molar refractivity (Wildman–Crippen MR) is 42.3 cm³/mol. The summed E-state index contributed by atoms with van der Waals surface area (Å²) in [5, 5.41) is 11.7. The van der Waals surface area contributed by atoms with E-state index in [0.717, 1.165) is 19.4 Å². The Kier molecular flexibility index (Phi) is 2.65. The molecule has 0 aromatic heterocycles. The first-order valence-corrected chi connectivity index (χ1v) is 3.82. The van der Waals surface area contributed by atoms with Gasteiger partial charge < -0.3 is 10.4 Å². The Morgan fingerprint density at radius 3 is 3.09 bits per heavy atom. The van der Waals surface area contributed by atoms with Crippen LogP contribution in [0.1, 0.15) is 12.8 Å². The molecule has 0 aromatic carbocycles. The minimum absolute atomic E-state index is 0.241. The van der Waals surface area contributed by atoms with Crippen LogP contribution in [0.15, 0.2) is 12.7 Å². The Balaban J connectivity index is 2.50. The third-order valence-corrected chi connectivity index (χ3v) is 2.09. The molecule has 1 saturated heterocycles. The zero-order valence-corrected chi connectivity index (χ0v) is 6.42. The lowest BCUT2D eigenvalue weighted by molar-refractivity contribution is -0.140. The summed E-state index contributed by atoms with van der Waals surface area (Å²) < 4.78 is 0. The summed E-state index contributed by atoms with van der Waals surface area (Å²) in [5.74, 6) is -0.501. The molecule has 2 atom stereocenters. The van der Waals surface area contributed by atoms with Crippen LogP contribution in [0.4, 0.5) is 0 Å². The van der Waals surface area contributed by atoms with Crippen LogP contribution < -0.4 is 5.32 Å². The second kappa shape index (κ2) is 3.53. The smallest absolute Gasteiger partial charge is 0.320 e. The Bertz CT molecular complexity index is 167. The Hall–Kier alpha value is -0.830. The van der Waals surface area contributed by atoms with Crippen molar-refractivity contribution in [2.75, 3.05) is 6.54 Å². The first-order chi connectivity index (χ1) is 5.25. The van der Waals surface area contributed by atoms with Gasteiger partial charge in [0.15, 0.2) is 0 Å². The lowest BCUT2D eigenvalue weighted by Crippen LogP contribution is -2.35. The molecule has 0 aliphatic carbocycles. The summed E-state index contributed by atoms with van der Waals surface area (Å²) >= 11 is 0. The molecule has 0 spiro atoms. The molecule has 11 heavy (non-hydrogen) atoms. The van der Waals surface area contributed by atoms with E-state index >= 15 is 0 Å². The van der Waals surface area contributed by atoms with Gasteiger partial charge in [-0.25, -0.2) is 0 Å². The number of carboxylic acids is 1. The third kappa shape index (κ3) is 1.80. The summed E-state index contributed by atoms with van der Waals surface area (Å²) in [4.78, 5) is 10.6. The van der Waals surface area contributed by atoms with Gasteiger partial charge in [0.05, 0.1) is 0 Å². The van der Waals surface area contributed by atoms with Crippen molar-refractivity contribution in [1.29, 1.82) is 0 Å². The molecule has 1 aliphatic heterocycles. The molecule has 1 heterocycles. The lowest BCUT2D eigenvalue weighted by Gasteiger charge is -2.12. The normalized spacial score (nSPS) is 30.2. The van der Waals surface area contributed by atoms with Gasteiger partial charge in [-0.1, -0.05) is 6.08 Å². The quantitative estimate of drug-likeness (QED) is 0.587. The van der Waals surface area contributed by atoms with Crippen LogP contribution in [0.3, 0.4) is 0 Å². The van der Waals surface area contributed by atoms with Gasteiger partial charge in [0.25, 0.3) is 0 Å². The van der Waals surface area contributed by atoms with Crippen LogP contribution in [0.5, 0.6) is 0 Å². The molecule has 0 amide bonds. The highest BCUT2D eigenvalue weighted by Crippen LogP contribution is 2.19. The van der Waals surface area contributed by atoms with E-state index < -0.39 is 5.97 Å². The topological polar surface area (TPSA) is 49.3 Å². The lowest BCUT2D eigenvalue weighted by atomic mass is 9.97. The number of nitrogens with one attached hydrogen (secondary N) is 1. The molecule has 1 rings (SSSR count). The number of carboxylic acid groups (broad SMARTS) is 1. The summed E-state index contributed by atoms with van der Waals surface area (Å²) in [6.45, 7) is 4.41. The Labute approximate surface area is 66.1 Å². The third-order valence-electron chi connectivity index (χ3n) is 2.09. The van der Waals surface area contributed by atoms with E-state index in [2.05, 4.69) is 11.9 Å². The number of carbonyl (C=O) groups is 1. The van der Waals surface area contributed by atoms with Gasteiger partial charge in [0.1, 0.15) is 6.04 Å². The average molecular weight is 155 g/mol. The standard InChI is InChI=1S/C8H13NO2/c1-2-3-6-4-5-9-7(6)8(10)11/h2,6-7,9H,1,3-5H2,(H,10,11)/t6-,7-/m0/s1. The van der Waals surface area contributed by atoms with Crippen molar-refractivity contribution in [2.24, 2.45) is 5.92 Å². The highest BCUT2D eigenvalue weighted by Gasteiger charge is 2.31. The van der Waals surface area contributed by atoms with E-state index in [0.29, 0.717) is 0 Å². The van der Waals surface area contributed by atoms with Gasteiger partial charge in [-0.05, 0) is 25.3 Å². The number of aliphatic carboxylic acids is 1. The second-order valence-corrected chi connectivity index (χ2v) is 2.84. The van der Waals surface area contributed by atoms with Crippen molar-refractivity contribution < 1.29 is 9.90 Å². The van der Waals surface area contributed by atoms with E-state index in [1.165, 1.54) is 0 Å². The molecule has 0 unspecified atom stereocenters. The van der Waals surface area contributed by atoms with E-state index in [9.17, 15) is 4.79 Å². The molecule has 0 saturated carbocycles. The van der Waals surface area contributed by atoms with Crippen LogP contribution in [0.25, 0.3) is 0 Å².